The van der Waals surface area contributed by atoms with E-state index < -0.39 is 5.91 Å². The quantitative estimate of drug-likeness (QED) is 0.204. The lowest BCUT2D eigenvalue weighted by atomic mass is 9.91. The minimum atomic E-state index is -0.625. The highest BCUT2D eigenvalue weighted by molar-refractivity contribution is 7.17. The minimum Gasteiger partial charge on any atom is -0.439 e. The number of aromatic amines is 1. The van der Waals surface area contributed by atoms with Gasteiger partial charge in [0, 0.05) is 60.0 Å². The fourth-order valence-corrected chi connectivity index (χ4v) is 7.68. The molecule has 0 bridgehead atoms. The van der Waals surface area contributed by atoms with Crippen LogP contribution in [0.2, 0.25) is 0 Å². The van der Waals surface area contributed by atoms with Gasteiger partial charge in [-0.1, -0.05) is 6.42 Å². The summed E-state index contributed by atoms with van der Waals surface area (Å²) >= 11 is 1.37. The van der Waals surface area contributed by atoms with Crippen molar-refractivity contribution in [2.45, 2.75) is 44.2 Å². The van der Waals surface area contributed by atoms with E-state index in [-0.39, 0.29) is 23.1 Å². The van der Waals surface area contributed by atoms with Crippen LogP contribution >= 0.6 is 11.3 Å². The molecule has 6 heterocycles. The number of morpholine rings is 1. The van der Waals surface area contributed by atoms with Crippen LogP contribution < -0.4 is 27.1 Å². The second-order valence-corrected chi connectivity index (χ2v) is 12.9. The first-order valence-electron chi connectivity index (χ1n) is 15.5. The number of nitrogens with zero attached hydrogens (tertiary/aromatic N) is 5. The van der Waals surface area contributed by atoms with Crippen molar-refractivity contribution in [3.8, 4) is 11.1 Å². The number of carbonyl (C=O) groups is 1. The number of thiophene rings is 1. The fourth-order valence-electron chi connectivity index (χ4n) is 6.77. The van der Waals surface area contributed by atoms with Crippen LogP contribution in [-0.4, -0.2) is 68.9 Å². The molecule has 7 N–H and O–H groups in total. The summed E-state index contributed by atoms with van der Waals surface area (Å²) in [5.41, 5.74) is 15.4. The van der Waals surface area contributed by atoms with Crippen molar-refractivity contribution in [1.29, 1.82) is 0 Å². The molecule has 1 saturated carbocycles. The van der Waals surface area contributed by atoms with Crippen molar-refractivity contribution in [1.82, 2.24) is 24.6 Å². The summed E-state index contributed by atoms with van der Waals surface area (Å²) in [6.07, 6.45) is 8.02. The predicted octanol–water partition coefficient (Wildman–Crippen LogP) is 2.93. The predicted molar refractivity (Wildman–Crippen MR) is 175 cm³/mol. The Balaban J connectivity index is 1.24. The summed E-state index contributed by atoms with van der Waals surface area (Å²) in [5, 5.41) is 14.9. The number of fused-ring (bicyclic) bond motifs is 3. The molecule has 2 atom stereocenters. The van der Waals surface area contributed by atoms with Crippen molar-refractivity contribution in [3.63, 3.8) is 0 Å². The van der Waals surface area contributed by atoms with Crippen LogP contribution in [0.1, 0.15) is 47.3 Å². The van der Waals surface area contributed by atoms with E-state index in [0.29, 0.717) is 66.2 Å². The zero-order chi connectivity index (χ0) is 31.4. The average molecular weight is 641 g/mol. The monoisotopic (exact) mass is 640 g/mol. The highest BCUT2D eigenvalue weighted by Gasteiger charge is 2.28. The summed E-state index contributed by atoms with van der Waals surface area (Å²) in [4.78, 5) is 36.4. The molecule has 5 aromatic heterocycles. The maximum atomic E-state index is 13.2. The molecule has 0 spiro atoms. The molecule has 0 radical (unpaired) electrons. The third-order valence-electron chi connectivity index (χ3n) is 9.16. The van der Waals surface area contributed by atoms with Crippen molar-refractivity contribution < 1.29 is 19.7 Å². The molecule has 1 amide bonds. The zero-order valence-corrected chi connectivity index (χ0v) is 25.9. The van der Waals surface area contributed by atoms with Crippen molar-refractivity contribution in [3.05, 3.63) is 69.2 Å². The van der Waals surface area contributed by atoms with Crippen molar-refractivity contribution >= 4 is 55.9 Å². The lowest BCUT2D eigenvalue weighted by Crippen LogP contribution is -2.68. The van der Waals surface area contributed by atoms with Crippen LogP contribution in [0.5, 0.6) is 0 Å². The smallest absolute Gasteiger partial charge is 0.254 e. The highest BCUT2D eigenvalue weighted by Crippen LogP contribution is 2.37. The number of H-pyrrole nitrogens is 1. The molecule has 13 nitrogen and oxygen atoms in total. The van der Waals surface area contributed by atoms with Gasteiger partial charge in [0.25, 0.3) is 5.91 Å². The summed E-state index contributed by atoms with van der Waals surface area (Å²) < 4.78 is 14.2. The molecular formula is C32H34N9O4S+. The van der Waals surface area contributed by atoms with E-state index in [0.717, 1.165) is 53.3 Å². The number of primary amides is 1. The molecule has 2 aliphatic rings. The number of quaternary nitrogens is 1. The summed E-state index contributed by atoms with van der Waals surface area (Å²) in [5.74, 6) is 0.475. The number of aromatic nitrogens is 5. The van der Waals surface area contributed by atoms with Gasteiger partial charge in [-0.05, 0) is 42.2 Å². The van der Waals surface area contributed by atoms with E-state index in [4.69, 9.17) is 19.9 Å². The van der Waals surface area contributed by atoms with Crippen LogP contribution in [0, 0.1) is 0 Å². The number of hydrogen-bond acceptors (Lipinski definition) is 10. The Kier molecular flexibility index (Phi) is 7.19. The van der Waals surface area contributed by atoms with E-state index in [1.54, 1.807) is 16.8 Å². The Bertz CT molecular complexity index is 2160. The first-order chi connectivity index (χ1) is 22.4. The highest BCUT2D eigenvalue weighted by atomic mass is 32.1. The largest absolute Gasteiger partial charge is 0.439 e. The van der Waals surface area contributed by atoms with Crippen LogP contribution in [0.25, 0.3) is 38.0 Å². The number of nitrogens with one attached hydrogen (secondary N) is 2. The molecule has 1 aliphatic heterocycles. The first kappa shape index (κ1) is 28.7. The second kappa shape index (κ2) is 11.5. The Morgan fingerprint density at radius 1 is 1.20 bits per heavy atom. The van der Waals surface area contributed by atoms with Crippen molar-refractivity contribution in [2.24, 2.45) is 5.73 Å². The number of benzene rings is 1. The van der Waals surface area contributed by atoms with E-state index in [9.17, 15) is 9.59 Å². The van der Waals surface area contributed by atoms with Gasteiger partial charge in [-0.2, -0.15) is 0 Å². The molecular weight excluding hydrogens is 606 g/mol. The molecule has 1 saturated heterocycles. The molecule has 1 aromatic carbocycles. The number of nitrogens with two attached hydrogens (primary N) is 1. The topological polar surface area (TPSA) is 184 Å². The molecule has 236 valence electrons. The van der Waals surface area contributed by atoms with Crippen LogP contribution in [0.15, 0.2) is 51.4 Å². The lowest BCUT2D eigenvalue weighted by molar-refractivity contribution is -0.427. The molecule has 2 fully saturated rings. The average Bonchev–Trinajstić information content (AvgIpc) is 3.83. The number of hydrogen-bond donors (Lipinski definition) is 4. The maximum Gasteiger partial charge on any atom is 0.254 e. The van der Waals surface area contributed by atoms with Crippen molar-refractivity contribution in [2.75, 3.05) is 36.5 Å². The van der Waals surface area contributed by atoms with Crippen LogP contribution in [-0.2, 0) is 11.2 Å². The molecule has 6 aromatic rings. The number of amides is 1. The summed E-state index contributed by atoms with van der Waals surface area (Å²) in [6.45, 7) is 2.49. The number of rotatable bonds is 7. The van der Waals surface area contributed by atoms with Gasteiger partial charge in [-0.25, -0.2) is 4.98 Å². The second-order valence-electron chi connectivity index (χ2n) is 12.1. The third kappa shape index (κ3) is 4.98. The number of ether oxygens (including phenoxy) is 1. The Morgan fingerprint density at radius 3 is 2.87 bits per heavy atom. The van der Waals surface area contributed by atoms with E-state index in [1.165, 1.54) is 11.3 Å². The van der Waals surface area contributed by atoms with Gasteiger partial charge in [-0.15, -0.1) is 21.5 Å². The standard InChI is InChI=1S/C32H33N9O4S/c33-21-3-1-2-4-22(21)37-32-38-23(26(30(34)43)31-39-36-16-41(31)32)13-19-12-18(11-17-5-6-35-27(17)19)20-15-46-29-24(42)14-25(45-28(20)29)40-7-9-44-10-8-40/h5-6,11-12,14-16,21-22,35H,1-4,7-10,13,33H2,(H2,34,43)(H,37,38)/p+1/t21-,22+/m1/s1. The van der Waals surface area contributed by atoms with Crippen LogP contribution in [0.3, 0.4) is 0 Å². The van der Waals surface area contributed by atoms with Gasteiger partial charge < -0.3 is 35.8 Å². The normalized spacial score (nSPS) is 18.9. The van der Waals surface area contributed by atoms with E-state index in [1.807, 2.05) is 22.5 Å². The molecule has 46 heavy (non-hydrogen) atoms. The molecule has 8 rings (SSSR count). The minimum absolute atomic E-state index is 0.0682. The van der Waals surface area contributed by atoms with Gasteiger partial charge in [0.2, 0.25) is 11.4 Å². The zero-order valence-electron chi connectivity index (χ0n) is 25.1. The number of carbonyl (C=O) groups excluding carboxylic acids is 1. The van der Waals surface area contributed by atoms with Gasteiger partial charge >= 0.3 is 0 Å². The summed E-state index contributed by atoms with van der Waals surface area (Å²) in [7, 11) is 0. The maximum absolute atomic E-state index is 13.2. The van der Waals surface area contributed by atoms with Gasteiger partial charge in [0.05, 0.1) is 24.9 Å². The lowest BCUT2D eigenvalue weighted by Gasteiger charge is -2.27. The fraction of sp³-hybridized carbons (Fsp3) is 0.344. The first-order valence-corrected chi connectivity index (χ1v) is 16.4. The Labute approximate surface area is 266 Å². The van der Waals surface area contributed by atoms with Gasteiger partial charge in [0.1, 0.15) is 22.6 Å². The van der Waals surface area contributed by atoms with Crippen LogP contribution in [0.4, 0.5) is 11.8 Å². The third-order valence-corrected chi connectivity index (χ3v) is 10.1. The molecule has 14 heteroatoms. The Hall–Kier alpha value is -4.79. The van der Waals surface area contributed by atoms with E-state index >= 15 is 0 Å². The van der Waals surface area contributed by atoms with Gasteiger partial charge in [0.15, 0.2) is 17.1 Å². The van der Waals surface area contributed by atoms with E-state index in [2.05, 4.69) is 38.4 Å². The molecule has 1 aliphatic carbocycles. The number of anilines is 2. The molecule has 0 unspecified atom stereocenters. The summed E-state index contributed by atoms with van der Waals surface area (Å²) in [6, 6.07) is 8.08. The Morgan fingerprint density at radius 2 is 2.04 bits per heavy atom. The van der Waals surface area contributed by atoms with Gasteiger partial charge in [-0.3, -0.25) is 14.0 Å². The SMILES string of the molecule is NC(=O)c1c(Cc2cc(-c3csc4c(=O)cc(N5CCOCC5)oc34)cc3cc[nH]c23)nc(N[C@H]2CCCC[C@H]2[NH3+])n2cnnc12.